The average Bonchev–Trinajstić information content (AvgIpc) is 3.35. The number of nitrogens with one attached hydrogen (secondary N) is 2. The molecule has 2 aromatic carbocycles. The number of rotatable bonds is 7. The molecular formula is C24H22FN5OS. The minimum Gasteiger partial charge on any atom is -0.382 e. The fourth-order valence-electron chi connectivity index (χ4n) is 3.31. The van der Waals surface area contributed by atoms with Crippen LogP contribution in [-0.2, 0) is 13.1 Å². The molecule has 4 rings (SSSR count). The third-order valence-electron chi connectivity index (χ3n) is 4.96. The van der Waals surface area contributed by atoms with Gasteiger partial charge in [0.2, 0.25) is 0 Å². The minimum absolute atomic E-state index is 0.0812. The van der Waals surface area contributed by atoms with Gasteiger partial charge in [-0.15, -0.1) is 11.3 Å². The van der Waals surface area contributed by atoms with Crippen LogP contribution in [0.25, 0.3) is 21.7 Å². The van der Waals surface area contributed by atoms with Gasteiger partial charge in [-0.1, -0.05) is 30.3 Å². The van der Waals surface area contributed by atoms with Crippen LogP contribution >= 0.6 is 11.3 Å². The number of carbonyl (C=O) groups is 1. The van der Waals surface area contributed by atoms with E-state index in [0.29, 0.717) is 24.3 Å². The number of aromatic nitrogens is 2. The maximum absolute atomic E-state index is 14.3. The second kappa shape index (κ2) is 9.67. The van der Waals surface area contributed by atoms with Crippen molar-refractivity contribution in [3.8, 4) is 21.7 Å². The molecule has 0 fully saturated rings. The zero-order valence-electron chi connectivity index (χ0n) is 17.4. The van der Waals surface area contributed by atoms with Crippen LogP contribution < -0.4 is 16.4 Å². The Hall–Kier alpha value is -3.62. The maximum atomic E-state index is 14.3. The lowest BCUT2D eigenvalue weighted by Crippen LogP contribution is -2.21. The van der Waals surface area contributed by atoms with E-state index in [9.17, 15) is 9.18 Å². The number of amides is 1. The third kappa shape index (κ3) is 4.82. The van der Waals surface area contributed by atoms with E-state index >= 15 is 0 Å². The highest BCUT2D eigenvalue weighted by molar-refractivity contribution is 7.13. The summed E-state index contributed by atoms with van der Waals surface area (Å²) in [7, 11) is 1.52. The first-order chi connectivity index (χ1) is 15.5. The summed E-state index contributed by atoms with van der Waals surface area (Å²) in [6, 6.07) is 16.9. The van der Waals surface area contributed by atoms with E-state index in [1.54, 1.807) is 23.6 Å². The first-order valence-corrected chi connectivity index (χ1v) is 10.9. The summed E-state index contributed by atoms with van der Waals surface area (Å²) in [5, 5.41) is 7.82. The molecule has 0 bridgehead atoms. The molecule has 2 aromatic heterocycles. The standard InChI is InChI=1S/C24H22FN5OS/c1-27-24(31)22-23(26)29-14-20(30-22)16-5-2-4-15(10-16)12-28-13-18-11-17(7-8-19(18)25)21-6-3-9-32-21/h2-11,14,28H,12-13H2,1H3,(H2,26,29)(H,27,31). The van der Waals surface area contributed by atoms with Gasteiger partial charge in [0.15, 0.2) is 11.5 Å². The highest BCUT2D eigenvalue weighted by atomic mass is 32.1. The van der Waals surface area contributed by atoms with Crippen LogP contribution in [0.2, 0.25) is 0 Å². The summed E-state index contributed by atoms with van der Waals surface area (Å²) >= 11 is 1.63. The summed E-state index contributed by atoms with van der Waals surface area (Å²) in [6.45, 7) is 0.943. The number of thiophene rings is 1. The lowest BCUT2D eigenvalue weighted by molar-refractivity contribution is 0.0959. The zero-order valence-corrected chi connectivity index (χ0v) is 18.2. The highest BCUT2D eigenvalue weighted by Crippen LogP contribution is 2.26. The molecule has 4 aromatic rings. The predicted molar refractivity (Wildman–Crippen MR) is 126 cm³/mol. The first kappa shape index (κ1) is 21.6. The molecule has 0 aliphatic heterocycles. The summed E-state index contributed by atoms with van der Waals surface area (Å²) < 4.78 is 14.3. The van der Waals surface area contributed by atoms with E-state index in [1.165, 1.54) is 13.1 Å². The molecule has 0 saturated carbocycles. The quantitative estimate of drug-likeness (QED) is 0.394. The number of nitrogens with zero attached hydrogens (tertiary/aromatic N) is 2. The Labute approximate surface area is 189 Å². The topological polar surface area (TPSA) is 92.9 Å². The van der Waals surface area contributed by atoms with Crippen LogP contribution in [0.4, 0.5) is 10.2 Å². The van der Waals surface area contributed by atoms with Gasteiger partial charge in [-0.25, -0.2) is 14.4 Å². The number of carbonyl (C=O) groups excluding carboxylic acids is 1. The maximum Gasteiger partial charge on any atom is 0.273 e. The van der Waals surface area contributed by atoms with Crippen molar-refractivity contribution in [3.63, 3.8) is 0 Å². The smallest absolute Gasteiger partial charge is 0.273 e. The fourth-order valence-corrected chi connectivity index (χ4v) is 4.04. The fraction of sp³-hybridized carbons (Fsp3) is 0.125. The van der Waals surface area contributed by atoms with Crippen LogP contribution in [0.5, 0.6) is 0 Å². The number of anilines is 1. The van der Waals surface area contributed by atoms with E-state index in [2.05, 4.69) is 20.6 Å². The molecule has 0 saturated heterocycles. The molecular weight excluding hydrogens is 425 g/mol. The van der Waals surface area contributed by atoms with E-state index < -0.39 is 0 Å². The summed E-state index contributed by atoms with van der Waals surface area (Å²) in [6.07, 6.45) is 1.54. The van der Waals surface area contributed by atoms with Crippen molar-refractivity contribution in [2.24, 2.45) is 0 Å². The Balaban J connectivity index is 1.47. The Morgan fingerprint density at radius 2 is 1.97 bits per heavy atom. The normalized spacial score (nSPS) is 10.8. The Morgan fingerprint density at radius 1 is 1.09 bits per heavy atom. The molecule has 162 valence electrons. The van der Waals surface area contributed by atoms with Gasteiger partial charge in [-0.05, 0) is 40.8 Å². The number of hydrogen-bond acceptors (Lipinski definition) is 6. The largest absolute Gasteiger partial charge is 0.382 e. The second-order valence-electron chi connectivity index (χ2n) is 7.16. The summed E-state index contributed by atoms with van der Waals surface area (Å²) in [5.74, 6) is -0.537. The van der Waals surface area contributed by atoms with E-state index in [1.807, 2.05) is 47.8 Å². The van der Waals surface area contributed by atoms with Gasteiger partial charge in [0.25, 0.3) is 5.91 Å². The molecule has 0 atom stereocenters. The van der Waals surface area contributed by atoms with Gasteiger partial charge in [-0.2, -0.15) is 0 Å². The molecule has 32 heavy (non-hydrogen) atoms. The zero-order chi connectivity index (χ0) is 22.5. The molecule has 0 aliphatic carbocycles. The van der Waals surface area contributed by atoms with Gasteiger partial charge in [-0.3, -0.25) is 4.79 Å². The van der Waals surface area contributed by atoms with Crippen LogP contribution in [0, 0.1) is 5.82 Å². The minimum atomic E-state index is -0.388. The van der Waals surface area contributed by atoms with Crippen molar-refractivity contribution < 1.29 is 9.18 Å². The van der Waals surface area contributed by atoms with E-state index in [0.717, 1.165) is 21.6 Å². The molecule has 1 amide bonds. The number of nitrogen functional groups attached to an aromatic ring is 1. The number of nitrogens with two attached hydrogens (primary N) is 1. The van der Waals surface area contributed by atoms with Gasteiger partial charge in [0.1, 0.15) is 5.82 Å². The van der Waals surface area contributed by atoms with Crippen molar-refractivity contribution in [1.29, 1.82) is 0 Å². The van der Waals surface area contributed by atoms with Crippen molar-refractivity contribution in [2.45, 2.75) is 13.1 Å². The monoisotopic (exact) mass is 447 g/mol. The lowest BCUT2D eigenvalue weighted by Gasteiger charge is -2.10. The molecule has 2 heterocycles. The lowest BCUT2D eigenvalue weighted by atomic mass is 10.1. The van der Waals surface area contributed by atoms with Crippen LogP contribution in [0.1, 0.15) is 21.6 Å². The summed E-state index contributed by atoms with van der Waals surface area (Å²) in [4.78, 5) is 21.5. The van der Waals surface area contributed by atoms with Gasteiger partial charge < -0.3 is 16.4 Å². The summed E-state index contributed by atoms with van der Waals surface area (Å²) in [5.41, 5.74) is 9.85. The van der Waals surface area contributed by atoms with Crippen molar-refractivity contribution in [2.75, 3.05) is 12.8 Å². The Bertz CT molecular complexity index is 1240. The third-order valence-corrected chi connectivity index (χ3v) is 5.88. The second-order valence-corrected chi connectivity index (χ2v) is 8.10. The molecule has 4 N–H and O–H groups in total. The highest BCUT2D eigenvalue weighted by Gasteiger charge is 2.13. The molecule has 0 radical (unpaired) electrons. The van der Waals surface area contributed by atoms with Crippen LogP contribution in [-0.4, -0.2) is 22.9 Å². The van der Waals surface area contributed by atoms with Crippen LogP contribution in [0.3, 0.4) is 0 Å². The molecule has 0 aliphatic rings. The first-order valence-electron chi connectivity index (χ1n) is 10.0. The molecule has 0 unspecified atom stereocenters. The van der Waals surface area contributed by atoms with Gasteiger partial charge >= 0.3 is 0 Å². The van der Waals surface area contributed by atoms with Gasteiger partial charge in [0.05, 0.1) is 11.9 Å². The van der Waals surface area contributed by atoms with E-state index in [4.69, 9.17) is 5.73 Å². The molecule has 0 spiro atoms. The average molecular weight is 448 g/mol. The molecule has 8 heteroatoms. The number of benzene rings is 2. The number of halogens is 1. The van der Waals surface area contributed by atoms with Crippen molar-refractivity contribution in [1.82, 2.24) is 20.6 Å². The molecule has 6 nitrogen and oxygen atoms in total. The van der Waals surface area contributed by atoms with Gasteiger partial charge in [0, 0.05) is 36.1 Å². The van der Waals surface area contributed by atoms with Crippen molar-refractivity contribution >= 4 is 23.1 Å². The van der Waals surface area contributed by atoms with E-state index in [-0.39, 0.29) is 23.2 Å². The Morgan fingerprint density at radius 3 is 2.75 bits per heavy atom. The Kier molecular flexibility index (Phi) is 6.53. The number of hydrogen-bond donors (Lipinski definition) is 3. The van der Waals surface area contributed by atoms with Crippen LogP contribution in [0.15, 0.2) is 66.2 Å². The van der Waals surface area contributed by atoms with Crippen molar-refractivity contribution in [3.05, 3.63) is 88.8 Å². The predicted octanol–water partition coefficient (Wildman–Crippen LogP) is 4.24. The SMILES string of the molecule is CNC(=O)c1nc(-c2cccc(CNCc3cc(-c4cccs4)ccc3F)c2)cnc1N.